The molecule has 0 atom stereocenters. The van der Waals surface area contributed by atoms with Gasteiger partial charge >= 0.3 is 6.18 Å². The summed E-state index contributed by atoms with van der Waals surface area (Å²) in [7, 11) is 1.74. The first-order chi connectivity index (χ1) is 16.5. The van der Waals surface area contributed by atoms with E-state index >= 15 is 0 Å². The molecule has 0 saturated heterocycles. The lowest BCUT2D eigenvalue weighted by molar-refractivity contribution is -0.137. The van der Waals surface area contributed by atoms with Gasteiger partial charge in [-0.2, -0.15) is 13.2 Å². The number of anilines is 1. The Labute approximate surface area is 202 Å². The second-order valence-electron chi connectivity index (χ2n) is 9.87. The predicted octanol–water partition coefficient (Wildman–Crippen LogP) is 5.49. The van der Waals surface area contributed by atoms with Gasteiger partial charge in [-0.25, -0.2) is 4.99 Å². The molecule has 2 aliphatic heterocycles. The molecular weight excluding hydrogens is 453 g/mol. The van der Waals surface area contributed by atoms with Crippen LogP contribution in [0.5, 0.6) is 0 Å². The van der Waals surface area contributed by atoms with Crippen molar-refractivity contribution in [1.29, 1.82) is 0 Å². The highest BCUT2D eigenvalue weighted by molar-refractivity contribution is 6.20. The van der Waals surface area contributed by atoms with Gasteiger partial charge in [0.1, 0.15) is 0 Å². The lowest BCUT2D eigenvalue weighted by atomic mass is 10.0. The molecule has 0 radical (unpaired) electrons. The molecule has 2 aromatic carbocycles. The van der Waals surface area contributed by atoms with Crippen LogP contribution in [0.25, 0.3) is 0 Å². The summed E-state index contributed by atoms with van der Waals surface area (Å²) in [6.07, 6.45) is -3.85. The van der Waals surface area contributed by atoms with Crippen molar-refractivity contribution in [2.24, 2.45) is 4.99 Å². The van der Waals surface area contributed by atoms with Crippen molar-refractivity contribution < 1.29 is 18.0 Å². The lowest BCUT2D eigenvalue weighted by Gasteiger charge is -2.33. The van der Waals surface area contributed by atoms with Gasteiger partial charge in [0.05, 0.1) is 28.9 Å². The van der Waals surface area contributed by atoms with Crippen molar-refractivity contribution in [2.45, 2.75) is 45.5 Å². The van der Waals surface area contributed by atoms with E-state index in [9.17, 15) is 18.0 Å². The number of nitrogens with zero attached hydrogens (tertiary/aromatic N) is 4. The van der Waals surface area contributed by atoms with E-state index in [2.05, 4.69) is 9.47 Å². The number of hydrogen-bond acceptors (Lipinski definition) is 3. The van der Waals surface area contributed by atoms with E-state index in [4.69, 9.17) is 4.99 Å². The summed E-state index contributed by atoms with van der Waals surface area (Å²) in [5.41, 5.74) is 4.01. The molecule has 0 N–H and O–H groups in total. The largest absolute Gasteiger partial charge is 0.416 e. The van der Waals surface area contributed by atoms with E-state index < -0.39 is 11.7 Å². The number of fused-ring (bicyclic) bond motifs is 3. The van der Waals surface area contributed by atoms with E-state index in [0.717, 1.165) is 40.3 Å². The molecule has 1 amide bonds. The molecule has 2 aliphatic rings. The molecule has 0 saturated carbocycles. The zero-order valence-corrected chi connectivity index (χ0v) is 20.1. The van der Waals surface area contributed by atoms with Crippen molar-refractivity contribution >= 4 is 17.6 Å². The molecule has 1 aromatic heterocycles. The molecular formula is C27H27F3N4O. The molecule has 0 bridgehead atoms. The summed E-state index contributed by atoms with van der Waals surface area (Å²) in [6, 6.07) is 15.1. The number of aliphatic imine (C=N–C) groups is 1. The van der Waals surface area contributed by atoms with Crippen LogP contribution in [0, 0.1) is 6.92 Å². The fourth-order valence-corrected chi connectivity index (χ4v) is 5.02. The van der Waals surface area contributed by atoms with E-state index in [1.807, 2.05) is 51.1 Å². The molecule has 3 heterocycles. The van der Waals surface area contributed by atoms with Crippen LogP contribution < -0.4 is 4.90 Å². The van der Waals surface area contributed by atoms with E-state index in [1.54, 1.807) is 11.9 Å². The topological polar surface area (TPSA) is 40.8 Å². The van der Waals surface area contributed by atoms with Gasteiger partial charge < -0.3 is 9.47 Å². The quantitative estimate of drug-likeness (QED) is 0.495. The third-order valence-electron chi connectivity index (χ3n) is 6.71. The predicted molar refractivity (Wildman–Crippen MR) is 130 cm³/mol. The highest BCUT2D eigenvalue weighted by Gasteiger charge is 2.45. The van der Waals surface area contributed by atoms with Crippen LogP contribution in [0.1, 0.15) is 52.3 Å². The third-order valence-corrected chi connectivity index (χ3v) is 6.71. The Balaban J connectivity index is 1.64. The van der Waals surface area contributed by atoms with Crippen LogP contribution in [0.15, 0.2) is 59.6 Å². The maximum absolute atomic E-state index is 13.6. The summed E-state index contributed by atoms with van der Waals surface area (Å²) in [4.78, 5) is 22.1. The van der Waals surface area contributed by atoms with Gasteiger partial charge in [0, 0.05) is 31.4 Å². The monoisotopic (exact) mass is 480 g/mol. The average molecular weight is 481 g/mol. The minimum absolute atomic E-state index is 0.118. The van der Waals surface area contributed by atoms with Crippen molar-refractivity contribution in [2.75, 3.05) is 18.5 Å². The molecule has 0 spiro atoms. The van der Waals surface area contributed by atoms with Crippen LogP contribution in [0.3, 0.4) is 0 Å². The fourth-order valence-electron chi connectivity index (χ4n) is 5.02. The molecule has 8 heteroatoms. The number of carbonyl (C=O) groups excluding carboxylic acids is 1. The van der Waals surface area contributed by atoms with Gasteiger partial charge in [0.2, 0.25) is 5.96 Å². The molecule has 5 nitrogen and oxygen atoms in total. The van der Waals surface area contributed by atoms with E-state index in [-0.39, 0.29) is 11.4 Å². The Kier molecular flexibility index (Phi) is 5.30. The van der Waals surface area contributed by atoms with Crippen LogP contribution >= 0.6 is 0 Å². The molecule has 35 heavy (non-hydrogen) atoms. The Morgan fingerprint density at radius 2 is 1.66 bits per heavy atom. The average Bonchev–Trinajstić information content (AvgIpc) is 3.26. The molecule has 0 aliphatic carbocycles. The van der Waals surface area contributed by atoms with Crippen LogP contribution in [0.4, 0.5) is 18.9 Å². The minimum Gasteiger partial charge on any atom is -0.341 e. The number of halogens is 3. The zero-order chi connectivity index (χ0) is 25.1. The van der Waals surface area contributed by atoms with Crippen molar-refractivity contribution in [3.05, 3.63) is 88.2 Å². The normalized spacial score (nSPS) is 16.9. The first kappa shape index (κ1) is 23.2. The Morgan fingerprint density at radius 3 is 2.29 bits per heavy atom. The maximum atomic E-state index is 13.6. The summed E-state index contributed by atoms with van der Waals surface area (Å²) in [5.74, 6) is 0.515. The number of rotatable bonds is 4. The summed E-state index contributed by atoms with van der Waals surface area (Å²) in [6.45, 7) is 7.05. The lowest BCUT2D eigenvalue weighted by Crippen LogP contribution is -2.48. The van der Waals surface area contributed by atoms with Gasteiger partial charge in [-0.1, -0.05) is 42.5 Å². The second-order valence-corrected chi connectivity index (χ2v) is 9.87. The number of guanidine groups is 1. The number of alkyl halides is 3. The minimum atomic E-state index is -4.38. The van der Waals surface area contributed by atoms with Crippen LogP contribution in [-0.4, -0.2) is 40.5 Å². The zero-order valence-electron chi connectivity index (χ0n) is 20.1. The summed E-state index contributed by atoms with van der Waals surface area (Å²) in [5, 5.41) is 0. The first-order valence-corrected chi connectivity index (χ1v) is 11.5. The summed E-state index contributed by atoms with van der Waals surface area (Å²) < 4.78 is 41.3. The highest BCUT2D eigenvalue weighted by atomic mass is 19.4. The van der Waals surface area contributed by atoms with Crippen molar-refractivity contribution in [3.8, 4) is 0 Å². The Morgan fingerprint density at radius 1 is 1.00 bits per heavy atom. The van der Waals surface area contributed by atoms with Crippen molar-refractivity contribution in [3.63, 3.8) is 0 Å². The number of amides is 1. The molecule has 182 valence electrons. The van der Waals surface area contributed by atoms with Gasteiger partial charge in [0.15, 0.2) is 0 Å². The number of carbonyl (C=O) groups is 1. The SMILES string of the molecule is Cc1c2c(c(Cc3ccccc3)n1Cc1ccc(C(F)(F)F)cc1)C(=O)N(C)C1=NC(C)(C)CN12. The van der Waals surface area contributed by atoms with Crippen LogP contribution in [0.2, 0.25) is 0 Å². The first-order valence-electron chi connectivity index (χ1n) is 11.5. The number of hydrogen-bond donors (Lipinski definition) is 0. The number of aromatic nitrogens is 1. The molecule has 0 unspecified atom stereocenters. The van der Waals surface area contributed by atoms with Crippen molar-refractivity contribution in [1.82, 2.24) is 9.47 Å². The van der Waals surface area contributed by atoms with E-state index in [1.165, 1.54) is 12.1 Å². The van der Waals surface area contributed by atoms with Crippen LogP contribution in [-0.2, 0) is 19.1 Å². The smallest absolute Gasteiger partial charge is 0.341 e. The van der Waals surface area contributed by atoms with Gasteiger partial charge in [-0.3, -0.25) is 9.69 Å². The summed E-state index contributed by atoms with van der Waals surface area (Å²) >= 11 is 0. The fraction of sp³-hybridized carbons (Fsp3) is 0.333. The maximum Gasteiger partial charge on any atom is 0.416 e. The second kappa shape index (κ2) is 8.00. The van der Waals surface area contributed by atoms with E-state index in [0.29, 0.717) is 31.0 Å². The van der Waals surface area contributed by atoms with Gasteiger partial charge in [-0.15, -0.1) is 0 Å². The Bertz CT molecular complexity index is 1320. The van der Waals surface area contributed by atoms with Gasteiger partial charge in [0.25, 0.3) is 5.91 Å². The Hall–Kier alpha value is -3.55. The van der Waals surface area contributed by atoms with Gasteiger partial charge in [-0.05, 0) is 44.0 Å². The highest BCUT2D eigenvalue weighted by Crippen LogP contribution is 2.41. The molecule has 3 aromatic rings. The third kappa shape index (κ3) is 4.00. The molecule has 5 rings (SSSR count). The number of benzene rings is 2. The molecule has 0 fully saturated rings. The standard InChI is InChI=1S/C27H27F3N4O/c1-17-23-22(24(35)32(4)25-31-26(2,3)16-34(23)25)21(14-18-8-6-5-7-9-18)33(17)15-19-10-12-20(13-11-19)27(28,29)30/h5-13H,14-16H2,1-4H3.